The summed E-state index contributed by atoms with van der Waals surface area (Å²) in [5, 5.41) is 11.1. The molecule has 0 aliphatic carbocycles. The number of hydrogen-bond donors (Lipinski definition) is 1. The zero-order valence-electron chi connectivity index (χ0n) is 8.79. The minimum absolute atomic E-state index is 0.0815. The molecule has 0 fully saturated rings. The van der Waals surface area contributed by atoms with E-state index in [0.29, 0.717) is 11.5 Å². The molecular weight excluding hydrogens is 288 g/mol. The highest BCUT2D eigenvalue weighted by Crippen LogP contribution is 2.20. The fourth-order valence-electron chi connectivity index (χ4n) is 1.11. The minimum Gasteiger partial charge on any atom is -0.325 e. The summed E-state index contributed by atoms with van der Waals surface area (Å²) < 4.78 is 1.02. The van der Waals surface area contributed by atoms with E-state index < -0.39 is 0 Å². The Labute approximate surface area is 107 Å². The van der Waals surface area contributed by atoms with Crippen LogP contribution in [0.1, 0.15) is 5.56 Å². The summed E-state index contributed by atoms with van der Waals surface area (Å²) in [5.41, 5.74) is 1.85. The van der Waals surface area contributed by atoms with Crippen molar-refractivity contribution in [2.24, 2.45) is 0 Å². The maximum atomic E-state index is 11.4. The zero-order valence-corrected chi connectivity index (χ0v) is 11.2. The van der Waals surface area contributed by atoms with Gasteiger partial charge in [-0.3, -0.25) is 4.79 Å². The molecule has 1 N–H and O–H groups in total. The summed E-state index contributed by atoms with van der Waals surface area (Å²) in [6.07, 6.45) is 0. The van der Waals surface area contributed by atoms with Gasteiger partial charge in [-0.1, -0.05) is 15.9 Å². The van der Waals surface area contributed by atoms with Gasteiger partial charge in [0.05, 0.1) is 17.6 Å². The molecular formula is C11H11BrN2OS. The van der Waals surface area contributed by atoms with Crippen molar-refractivity contribution >= 4 is 39.3 Å². The Balaban J connectivity index is 2.50. The van der Waals surface area contributed by atoms with Crippen molar-refractivity contribution in [3.05, 3.63) is 28.2 Å². The van der Waals surface area contributed by atoms with E-state index in [9.17, 15) is 4.79 Å². The molecule has 0 aliphatic rings. The van der Waals surface area contributed by atoms with Crippen molar-refractivity contribution in [1.29, 1.82) is 5.26 Å². The van der Waals surface area contributed by atoms with Crippen LogP contribution >= 0.6 is 27.7 Å². The first-order chi connectivity index (χ1) is 7.63. The lowest BCUT2D eigenvalue weighted by molar-refractivity contribution is -0.113. The van der Waals surface area contributed by atoms with Gasteiger partial charge in [0.15, 0.2) is 0 Å². The molecule has 5 heteroatoms. The van der Waals surface area contributed by atoms with Crippen LogP contribution in [0.4, 0.5) is 5.69 Å². The number of halogens is 1. The normalized spacial score (nSPS) is 9.56. The van der Waals surface area contributed by atoms with Gasteiger partial charge in [0.25, 0.3) is 0 Å². The van der Waals surface area contributed by atoms with Crippen LogP contribution in [0.25, 0.3) is 0 Å². The molecule has 0 atom stereocenters. The molecule has 0 aliphatic heterocycles. The molecule has 0 saturated heterocycles. The molecule has 0 bridgehead atoms. The molecule has 0 saturated carbocycles. The average Bonchev–Trinajstić information content (AvgIpc) is 2.24. The quantitative estimate of drug-likeness (QED) is 0.870. The van der Waals surface area contributed by atoms with E-state index in [2.05, 4.69) is 21.2 Å². The number of carbonyl (C=O) groups is 1. The number of rotatable bonds is 4. The first-order valence-electron chi connectivity index (χ1n) is 4.64. The largest absolute Gasteiger partial charge is 0.325 e. The Morgan fingerprint density at radius 2 is 2.38 bits per heavy atom. The van der Waals surface area contributed by atoms with Crippen LogP contribution in [0.15, 0.2) is 22.7 Å². The van der Waals surface area contributed by atoms with Crippen LogP contribution in [0.2, 0.25) is 0 Å². The van der Waals surface area contributed by atoms with E-state index in [-0.39, 0.29) is 5.91 Å². The van der Waals surface area contributed by atoms with Gasteiger partial charge in [0, 0.05) is 10.2 Å². The number of nitrogens with one attached hydrogen (secondary N) is 1. The van der Waals surface area contributed by atoms with Gasteiger partial charge in [-0.05, 0) is 30.7 Å². The van der Waals surface area contributed by atoms with Crippen LogP contribution in [-0.2, 0) is 4.79 Å². The standard InChI is InChI=1S/C11H11BrN2OS/c1-8-6-9(2-3-10(8)12)14-11(15)7-16-5-4-13/h2-3,6H,5,7H2,1H3,(H,14,15). The summed E-state index contributed by atoms with van der Waals surface area (Å²) in [4.78, 5) is 11.4. The number of hydrogen-bond acceptors (Lipinski definition) is 3. The third kappa shape index (κ3) is 4.25. The summed E-state index contributed by atoms with van der Waals surface area (Å²) in [7, 11) is 0. The van der Waals surface area contributed by atoms with E-state index in [1.54, 1.807) is 0 Å². The van der Waals surface area contributed by atoms with Crippen LogP contribution in [0.3, 0.4) is 0 Å². The van der Waals surface area contributed by atoms with Gasteiger partial charge in [0.1, 0.15) is 0 Å². The average molecular weight is 299 g/mol. The molecule has 1 rings (SSSR count). The molecule has 0 spiro atoms. The molecule has 0 radical (unpaired) electrons. The van der Waals surface area contributed by atoms with Gasteiger partial charge < -0.3 is 5.32 Å². The minimum atomic E-state index is -0.0815. The fraction of sp³-hybridized carbons (Fsp3) is 0.273. The molecule has 0 heterocycles. The Bertz CT molecular complexity index is 428. The van der Waals surface area contributed by atoms with Crippen molar-refractivity contribution < 1.29 is 4.79 Å². The second-order valence-electron chi connectivity index (χ2n) is 3.16. The third-order valence-corrected chi connectivity index (χ3v) is 3.53. The molecule has 1 aromatic rings. The monoisotopic (exact) mass is 298 g/mol. The maximum Gasteiger partial charge on any atom is 0.234 e. The Morgan fingerprint density at radius 1 is 1.62 bits per heavy atom. The predicted molar refractivity (Wildman–Crippen MR) is 70.4 cm³/mol. The number of anilines is 1. The second kappa shape index (κ2) is 6.56. The van der Waals surface area contributed by atoms with Crippen LogP contribution < -0.4 is 5.32 Å². The molecule has 0 aromatic heterocycles. The first-order valence-corrected chi connectivity index (χ1v) is 6.59. The molecule has 1 amide bonds. The van der Waals surface area contributed by atoms with Gasteiger partial charge >= 0.3 is 0 Å². The van der Waals surface area contributed by atoms with Gasteiger partial charge in [0.2, 0.25) is 5.91 Å². The number of aryl methyl sites for hydroxylation is 1. The lowest BCUT2D eigenvalue weighted by Crippen LogP contribution is -2.14. The van der Waals surface area contributed by atoms with Crippen molar-refractivity contribution in [2.75, 3.05) is 16.8 Å². The van der Waals surface area contributed by atoms with E-state index in [1.165, 1.54) is 11.8 Å². The van der Waals surface area contributed by atoms with Gasteiger partial charge in [-0.15, -0.1) is 11.8 Å². The highest BCUT2D eigenvalue weighted by Gasteiger charge is 2.03. The summed E-state index contributed by atoms with van der Waals surface area (Å²) in [6, 6.07) is 7.61. The Morgan fingerprint density at radius 3 is 3.00 bits per heavy atom. The molecule has 0 unspecified atom stereocenters. The van der Waals surface area contributed by atoms with Crippen molar-refractivity contribution in [3.8, 4) is 6.07 Å². The van der Waals surface area contributed by atoms with E-state index in [1.807, 2.05) is 31.2 Å². The highest BCUT2D eigenvalue weighted by atomic mass is 79.9. The van der Waals surface area contributed by atoms with Crippen molar-refractivity contribution in [2.45, 2.75) is 6.92 Å². The lowest BCUT2D eigenvalue weighted by atomic mass is 10.2. The summed E-state index contributed by atoms with van der Waals surface area (Å²) in [6.45, 7) is 1.96. The second-order valence-corrected chi connectivity index (χ2v) is 5.00. The van der Waals surface area contributed by atoms with E-state index >= 15 is 0 Å². The number of thioether (sulfide) groups is 1. The van der Waals surface area contributed by atoms with Crippen LogP contribution in [0.5, 0.6) is 0 Å². The van der Waals surface area contributed by atoms with Crippen molar-refractivity contribution in [3.63, 3.8) is 0 Å². The summed E-state index contributed by atoms with van der Waals surface area (Å²) >= 11 is 4.70. The maximum absolute atomic E-state index is 11.4. The van der Waals surface area contributed by atoms with Gasteiger partial charge in [-0.2, -0.15) is 5.26 Å². The smallest absolute Gasteiger partial charge is 0.234 e. The zero-order chi connectivity index (χ0) is 12.0. The molecule has 1 aromatic carbocycles. The number of benzene rings is 1. The number of nitriles is 1. The number of amides is 1. The van der Waals surface area contributed by atoms with Crippen LogP contribution in [-0.4, -0.2) is 17.4 Å². The molecule has 84 valence electrons. The molecule has 16 heavy (non-hydrogen) atoms. The third-order valence-electron chi connectivity index (χ3n) is 1.84. The first kappa shape index (κ1) is 13.1. The topological polar surface area (TPSA) is 52.9 Å². The van der Waals surface area contributed by atoms with Crippen molar-refractivity contribution in [1.82, 2.24) is 0 Å². The summed E-state index contributed by atoms with van der Waals surface area (Å²) in [5.74, 6) is 0.567. The number of carbonyl (C=O) groups excluding carboxylic acids is 1. The Hall–Kier alpha value is -0.990. The van der Waals surface area contributed by atoms with E-state index in [4.69, 9.17) is 5.26 Å². The highest BCUT2D eigenvalue weighted by molar-refractivity contribution is 9.10. The van der Waals surface area contributed by atoms with Crippen LogP contribution in [0, 0.1) is 18.3 Å². The Kier molecular flexibility index (Phi) is 5.36. The lowest BCUT2D eigenvalue weighted by Gasteiger charge is -2.06. The number of nitrogens with zero attached hydrogens (tertiary/aromatic N) is 1. The SMILES string of the molecule is Cc1cc(NC(=O)CSCC#N)ccc1Br. The van der Waals surface area contributed by atoms with E-state index in [0.717, 1.165) is 15.7 Å². The predicted octanol–water partition coefficient (Wildman–Crippen LogP) is 2.95. The van der Waals surface area contributed by atoms with Gasteiger partial charge in [-0.25, -0.2) is 0 Å². The molecule has 3 nitrogen and oxygen atoms in total. The fourth-order valence-corrected chi connectivity index (χ4v) is 1.81.